The Kier molecular flexibility index (Phi) is 4.88. The molecule has 0 heterocycles. The van der Waals surface area contributed by atoms with E-state index in [1.807, 2.05) is 24.3 Å². The predicted octanol–water partition coefficient (Wildman–Crippen LogP) is 3.78. The van der Waals surface area contributed by atoms with E-state index in [0.29, 0.717) is 5.56 Å². The Morgan fingerprint density at radius 2 is 1.95 bits per heavy atom. The Labute approximate surface area is 124 Å². The van der Waals surface area contributed by atoms with E-state index in [2.05, 4.69) is 18.8 Å². The van der Waals surface area contributed by atoms with Gasteiger partial charge in [0, 0.05) is 0 Å². The summed E-state index contributed by atoms with van der Waals surface area (Å²) in [4.78, 5) is 11.7. The molecule has 0 radical (unpaired) electrons. The topological polar surface area (TPSA) is 29.1 Å². The lowest BCUT2D eigenvalue weighted by Crippen LogP contribution is -2.27. The molecule has 1 N–H and O–H groups in total. The third kappa shape index (κ3) is 3.78. The second-order valence-corrected chi connectivity index (χ2v) is 4.80. The summed E-state index contributed by atoms with van der Waals surface area (Å²) in [5.41, 5.74) is 2.83. The van der Waals surface area contributed by atoms with Gasteiger partial charge in [-0.3, -0.25) is 4.79 Å². The number of amides is 1. The van der Waals surface area contributed by atoms with Crippen LogP contribution in [0.15, 0.2) is 61.2 Å². The van der Waals surface area contributed by atoms with E-state index < -0.39 is 6.04 Å². The molecule has 1 amide bonds. The molecule has 1 atom stereocenters. The molecule has 0 saturated carbocycles. The maximum atomic E-state index is 13.4. The van der Waals surface area contributed by atoms with Crippen LogP contribution in [0.25, 0.3) is 0 Å². The molecule has 0 fully saturated rings. The second kappa shape index (κ2) is 6.84. The Hall–Kier alpha value is -2.42. The standard InChI is InChI=1S/C18H18FNO/c1-3-13-8-10-14(11-9-13)18(20-17(21)4-2)15-6-5-7-16(19)12-15/h4-12,18H,2-3H2,1H3,(H,20,21). The highest BCUT2D eigenvalue weighted by molar-refractivity contribution is 5.87. The fraction of sp³-hybridized carbons (Fsp3) is 0.167. The van der Waals surface area contributed by atoms with Crippen LogP contribution < -0.4 is 5.32 Å². The number of carbonyl (C=O) groups excluding carboxylic acids is 1. The van der Waals surface area contributed by atoms with Gasteiger partial charge in [-0.15, -0.1) is 0 Å². The Morgan fingerprint density at radius 1 is 1.24 bits per heavy atom. The lowest BCUT2D eigenvalue weighted by Gasteiger charge is -2.19. The van der Waals surface area contributed by atoms with Crippen molar-refractivity contribution in [1.29, 1.82) is 0 Å². The number of rotatable bonds is 5. The van der Waals surface area contributed by atoms with Gasteiger partial charge in [-0.1, -0.05) is 49.9 Å². The maximum Gasteiger partial charge on any atom is 0.244 e. The molecule has 2 aromatic rings. The minimum absolute atomic E-state index is 0.288. The monoisotopic (exact) mass is 283 g/mol. The number of hydrogen-bond acceptors (Lipinski definition) is 1. The van der Waals surface area contributed by atoms with Crippen LogP contribution in [0.3, 0.4) is 0 Å². The average molecular weight is 283 g/mol. The lowest BCUT2D eigenvalue weighted by molar-refractivity contribution is -0.116. The minimum Gasteiger partial charge on any atom is -0.342 e. The van der Waals surface area contributed by atoms with Crippen molar-refractivity contribution in [3.8, 4) is 0 Å². The molecule has 0 aliphatic rings. The Morgan fingerprint density at radius 3 is 2.52 bits per heavy atom. The fourth-order valence-corrected chi connectivity index (χ4v) is 2.19. The first-order chi connectivity index (χ1) is 10.1. The van der Waals surface area contributed by atoms with Crippen molar-refractivity contribution in [3.63, 3.8) is 0 Å². The number of benzene rings is 2. The zero-order valence-corrected chi connectivity index (χ0v) is 12.0. The first-order valence-corrected chi connectivity index (χ1v) is 6.91. The summed E-state index contributed by atoms with van der Waals surface area (Å²) in [7, 11) is 0. The highest BCUT2D eigenvalue weighted by atomic mass is 19.1. The van der Waals surface area contributed by atoms with Gasteiger partial charge in [0.25, 0.3) is 0 Å². The van der Waals surface area contributed by atoms with E-state index in [9.17, 15) is 9.18 Å². The maximum absolute atomic E-state index is 13.4. The summed E-state index contributed by atoms with van der Waals surface area (Å²) in [5, 5.41) is 2.84. The molecule has 1 unspecified atom stereocenters. The van der Waals surface area contributed by atoms with Gasteiger partial charge in [0.2, 0.25) is 5.91 Å². The molecule has 2 rings (SSSR count). The predicted molar refractivity (Wildman–Crippen MR) is 82.4 cm³/mol. The number of nitrogens with one attached hydrogen (secondary N) is 1. The Balaban J connectivity index is 2.39. The summed E-state index contributed by atoms with van der Waals surface area (Å²) in [5.74, 6) is -0.612. The van der Waals surface area contributed by atoms with Crippen molar-refractivity contribution >= 4 is 5.91 Å². The largest absolute Gasteiger partial charge is 0.342 e. The molecular weight excluding hydrogens is 265 g/mol. The van der Waals surface area contributed by atoms with Crippen LogP contribution >= 0.6 is 0 Å². The molecule has 0 aromatic heterocycles. The van der Waals surface area contributed by atoms with Crippen LogP contribution in [-0.4, -0.2) is 5.91 Å². The van der Waals surface area contributed by atoms with Gasteiger partial charge in [-0.05, 0) is 41.3 Å². The minimum atomic E-state index is -0.392. The summed E-state index contributed by atoms with van der Waals surface area (Å²) in [6, 6.07) is 13.8. The number of hydrogen-bond donors (Lipinski definition) is 1. The zero-order valence-electron chi connectivity index (χ0n) is 12.0. The van der Waals surface area contributed by atoms with Gasteiger partial charge in [0.1, 0.15) is 5.82 Å². The van der Waals surface area contributed by atoms with Crippen molar-refractivity contribution in [3.05, 3.63) is 83.7 Å². The molecule has 0 spiro atoms. The second-order valence-electron chi connectivity index (χ2n) is 4.80. The Bertz CT molecular complexity index is 634. The molecule has 3 heteroatoms. The molecule has 21 heavy (non-hydrogen) atoms. The van der Waals surface area contributed by atoms with Crippen LogP contribution in [0.4, 0.5) is 4.39 Å². The fourth-order valence-electron chi connectivity index (χ4n) is 2.19. The van der Waals surface area contributed by atoms with Gasteiger partial charge >= 0.3 is 0 Å². The lowest BCUT2D eigenvalue weighted by atomic mass is 9.97. The number of halogens is 1. The number of carbonyl (C=O) groups is 1. The van der Waals surface area contributed by atoms with Crippen molar-refractivity contribution in [2.24, 2.45) is 0 Å². The van der Waals surface area contributed by atoms with E-state index in [1.54, 1.807) is 12.1 Å². The SMILES string of the molecule is C=CC(=O)NC(c1ccc(CC)cc1)c1cccc(F)c1. The van der Waals surface area contributed by atoms with E-state index in [-0.39, 0.29) is 11.7 Å². The molecular formula is C18H18FNO. The van der Waals surface area contributed by atoms with Crippen LogP contribution in [0.1, 0.15) is 29.7 Å². The van der Waals surface area contributed by atoms with Crippen molar-refractivity contribution < 1.29 is 9.18 Å². The molecule has 0 bridgehead atoms. The highest BCUT2D eigenvalue weighted by Crippen LogP contribution is 2.23. The van der Waals surface area contributed by atoms with E-state index >= 15 is 0 Å². The van der Waals surface area contributed by atoms with Crippen LogP contribution in [-0.2, 0) is 11.2 Å². The van der Waals surface area contributed by atoms with Crippen molar-refractivity contribution in [2.75, 3.05) is 0 Å². The summed E-state index contributed by atoms with van der Waals surface area (Å²) in [6.45, 7) is 5.54. The molecule has 0 aliphatic heterocycles. The van der Waals surface area contributed by atoms with Gasteiger partial charge in [0.15, 0.2) is 0 Å². The van der Waals surface area contributed by atoms with Crippen molar-refractivity contribution in [1.82, 2.24) is 5.32 Å². The molecule has 108 valence electrons. The first kappa shape index (κ1) is 15.0. The third-order valence-electron chi connectivity index (χ3n) is 3.38. The van der Waals surface area contributed by atoms with Crippen LogP contribution in [0, 0.1) is 5.82 Å². The summed E-state index contributed by atoms with van der Waals surface area (Å²) >= 11 is 0. The van der Waals surface area contributed by atoms with Gasteiger partial charge < -0.3 is 5.32 Å². The molecule has 0 aliphatic carbocycles. The number of aryl methyl sites for hydroxylation is 1. The highest BCUT2D eigenvalue weighted by Gasteiger charge is 2.16. The third-order valence-corrected chi connectivity index (χ3v) is 3.38. The molecule has 2 nitrogen and oxygen atoms in total. The van der Waals surface area contributed by atoms with E-state index in [0.717, 1.165) is 12.0 Å². The van der Waals surface area contributed by atoms with E-state index in [4.69, 9.17) is 0 Å². The first-order valence-electron chi connectivity index (χ1n) is 6.91. The van der Waals surface area contributed by atoms with Gasteiger partial charge in [-0.2, -0.15) is 0 Å². The molecule has 0 saturated heterocycles. The summed E-state index contributed by atoms with van der Waals surface area (Å²) in [6.07, 6.45) is 2.16. The normalized spacial score (nSPS) is 11.7. The van der Waals surface area contributed by atoms with Crippen LogP contribution in [0.5, 0.6) is 0 Å². The van der Waals surface area contributed by atoms with Gasteiger partial charge in [0.05, 0.1) is 6.04 Å². The molecule has 2 aromatic carbocycles. The van der Waals surface area contributed by atoms with Crippen LogP contribution in [0.2, 0.25) is 0 Å². The average Bonchev–Trinajstić information content (AvgIpc) is 2.52. The van der Waals surface area contributed by atoms with Gasteiger partial charge in [-0.25, -0.2) is 4.39 Å². The van der Waals surface area contributed by atoms with E-state index in [1.165, 1.54) is 23.8 Å². The smallest absolute Gasteiger partial charge is 0.244 e. The zero-order chi connectivity index (χ0) is 15.2. The summed E-state index contributed by atoms with van der Waals surface area (Å²) < 4.78 is 13.4. The quantitative estimate of drug-likeness (QED) is 0.831. The van der Waals surface area contributed by atoms with Crippen molar-refractivity contribution in [2.45, 2.75) is 19.4 Å².